The van der Waals surface area contributed by atoms with Crippen LogP contribution in [-0.2, 0) is 4.79 Å². The third-order valence-corrected chi connectivity index (χ3v) is 3.51. The van der Waals surface area contributed by atoms with E-state index in [9.17, 15) is 9.59 Å². The summed E-state index contributed by atoms with van der Waals surface area (Å²) in [6, 6.07) is 0.224. The van der Waals surface area contributed by atoms with Gasteiger partial charge in [0.25, 0.3) is 0 Å². The smallest absolute Gasteiger partial charge is 0.318 e. The first kappa shape index (κ1) is 12.2. The molecule has 0 bridgehead atoms. The van der Waals surface area contributed by atoms with E-state index in [0.717, 1.165) is 12.8 Å². The maximum atomic E-state index is 12.0. The fourth-order valence-corrected chi connectivity index (χ4v) is 2.50. The van der Waals surface area contributed by atoms with E-state index in [1.165, 1.54) is 25.7 Å². The molecule has 2 rings (SSSR count). The summed E-state index contributed by atoms with van der Waals surface area (Å²) < 4.78 is 0. The van der Waals surface area contributed by atoms with E-state index < -0.39 is 0 Å². The summed E-state index contributed by atoms with van der Waals surface area (Å²) in [7, 11) is 0. The van der Waals surface area contributed by atoms with Crippen LogP contribution in [0.2, 0.25) is 0 Å². The van der Waals surface area contributed by atoms with E-state index in [0.29, 0.717) is 19.1 Å². The van der Waals surface area contributed by atoms with Gasteiger partial charge in [0.1, 0.15) is 6.54 Å². The van der Waals surface area contributed by atoms with Gasteiger partial charge in [-0.3, -0.25) is 4.79 Å². The van der Waals surface area contributed by atoms with Crippen molar-refractivity contribution in [3.63, 3.8) is 0 Å². The molecule has 0 spiro atoms. The summed E-state index contributed by atoms with van der Waals surface area (Å²) in [5.41, 5.74) is 0. The summed E-state index contributed by atoms with van der Waals surface area (Å²) in [4.78, 5) is 24.8. The second-order valence-electron chi connectivity index (χ2n) is 4.91. The van der Waals surface area contributed by atoms with Gasteiger partial charge in [-0.25, -0.2) is 4.79 Å². The highest BCUT2D eigenvalue weighted by Gasteiger charge is 2.23. The quantitative estimate of drug-likeness (QED) is 0.666. The Kier molecular flexibility index (Phi) is 4.23. The minimum absolute atomic E-state index is 0.0627. The molecule has 96 valence electrons. The molecular formula is C12H21N3O2. The van der Waals surface area contributed by atoms with Crippen LogP contribution in [-0.4, -0.2) is 42.5 Å². The van der Waals surface area contributed by atoms with Crippen molar-refractivity contribution < 1.29 is 9.59 Å². The third-order valence-electron chi connectivity index (χ3n) is 3.51. The molecule has 2 aliphatic rings. The lowest BCUT2D eigenvalue weighted by Crippen LogP contribution is -2.54. The molecule has 0 aromatic carbocycles. The maximum Gasteiger partial charge on any atom is 0.318 e. The Hall–Kier alpha value is -1.26. The van der Waals surface area contributed by atoms with Crippen molar-refractivity contribution in [2.75, 3.05) is 19.6 Å². The number of rotatable bonds is 1. The highest BCUT2D eigenvalue weighted by Crippen LogP contribution is 2.17. The standard InChI is InChI=1S/C12H21N3O2/c16-11-9-15(8-7-13-11)12(17)14-10-5-3-1-2-4-6-10/h10H,1-9H2,(H,13,16)(H,14,17). The van der Waals surface area contributed by atoms with Crippen LogP contribution in [0.25, 0.3) is 0 Å². The first-order valence-electron chi connectivity index (χ1n) is 6.58. The van der Waals surface area contributed by atoms with Crippen molar-refractivity contribution in [1.82, 2.24) is 15.5 Å². The van der Waals surface area contributed by atoms with E-state index in [-0.39, 0.29) is 18.5 Å². The second-order valence-corrected chi connectivity index (χ2v) is 4.91. The Bertz CT molecular complexity index is 285. The highest BCUT2D eigenvalue weighted by atomic mass is 16.2. The number of carbonyl (C=O) groups is 2. The molecule has 17 heavy (non-hydrogen) atoms. The Morgan fingerprint density at radius 3 is 2.59 bits per heavy atom. The molecule has 3 amide bonds. The van der Waals surface area contributed by atoms with Crippen molar-refractivity contribution in [3.8, 4) is 0 Å². The summed E-state index contributed by atoms with van der Waals surface area (Å²) in [5.74, 6) is -0.0627. The van der Waals surface area contributed by atoms with Gasteiger partial charge in [-0.2, -0.15) is 0 Å². The van der Waals surface area contributed by atoms with Crippen molar-refractivity contribution in [2.45, 2.75) is 44.6 Å². The summed E-state index contributed by atoms with van der Waals surface area (Å²) in [5, 5.41) is 5.78. The molecular weight excluding hydrogens is 218 g/mol. The Morgan fingerprint density at radius 2 is 1.94 bits per heavy atom. The second kappa shape index (κ2) is 5.89. The molecule has 0 atom stereocenters. The molecule has 0 aromatic rings. The monoisotopic (exact) mass is 239 g/mol. The molecule has 2 N–H and O–H groups in total. The van der Waals surface area contributed by atoms with Crippen LogP contribution < -0.4 is 10.6 Å². The van der Waals surface area contributed by atoms with Gasteiger partial charge in [-0.05, 0) is 12.8 Å². The van der Waals surface area contributed by atoms with Crippen molar-refractivity contribution >= 4 is 11.9 Å². The number of hydrogen-bond acceptors (Lipinski definition) is 2. The predicted molar refractivity (Wildman–Crippen MR) is 64.6 cm³/mol. The molecule has 1 aliphatic carbocycles. The zero-order valence-corrected chi connectivity index (χ0v) is 10.2. The number of carbonyl (C=O) groups excluding carboxylic acids is 2. The summed E-state index contributed by atoms with van der Waals surface area (Å²) in [6.45, 7) is 1.37. The van der Waals surface area contributed by atoms with Gasteiger partial charge in [0.05, 0.1) is 0 Å². The summed E-state index contributed by atoms with van der Waals surface area (Å²) >= 11 is 0. The lowest BCUT2D eigenvalue weighted by molar-refractivity contribution is -0.123. The molecule has 1 saturated heterocycles. The number of piperazine rings is 1. The van der Waals surface area contributed by atoms with Crippen LogP contribution in [0.3, 0.4) is 0 Å². The third kappa shape index (κ3) is 3.61. The van der Waals surface area contributed by atoms with Crippen molar-refractivity contribution in [1.29, 1.82) is 0 Å². The minimum Gasteiger partial charge on any atom is -0.353 e. The van der Waals surface area contributed by atoms with Crippen LogP contribution >= 0.6 is 0 Å². The fraction of sp³-hybridized carbons (Fsp3) is 0.833. The molecule has 0 unspecified atom stereocenters. The van der Waals surface area contributed by atoms with Gasteiger partial charge in [-0.1, -0.05) is 25.7 Å². The van der Waals surface area contributed by atoms with Gasteiger partial charge in [0, 0.05) is 19.1 Å². The molecule has 0 aromatic heterocycles. The van der Waals surface area contributed by atoms with Crippen LogP contribution in [0.5, 0.6) is 0 Å². The highest BCUT2D eigenvalue weighted by molar-refractivity contribution is 5.85. The SMILES string of the molecule is O=C1CN(C(=O)NC2CCCCCC2)CCN1. The molecule has 0 radical (unpaired) electrons. The van der Waals surface area contributed by atoms with Crippen LogP contribution in [0, 0.1) is 0 Å². The van der Waals surface area contributed by atoms with Gasteiger partial charge < -0.3 is 15.5 Å². The number of urea groups is 1. The molecule has 1 heterocycles. The minimum atomic E-state index is -0.0771. The summed E-state index contributed by atoms with van der Waals surface area (Å²) in [6.07, 6.45) is 7.10. The normalized spacial score (nSPS) is 22.8. The van der Waals surface area contributed by atoms with E-state index in [1.54, 1.807) is 4.90 Å². The number of hydrogen-bond donors (Lipinski definition) is 2. The van der Waals surface area contributed by atoms with E-state index in [1.807, 2.05) is 0 Å². The average Bonchev–Trinajstić information content (AvgIpc) is 2.57. The Morgan fingerprint density at radius 1 is 1.24 bits per heavy atom. The largest absolute Gasteiger partial charge is 0.353 e. The lowest BCUT2D eigenvalue weighted by atomic mass is 10.1. The predicted octanol–water partition coefficient (Wildman–Crippen LogP) is 0.851. The first-order chi connectivity index (χ1) is 8.25. The van der Waals surface area contributed by atoms with Gasteiger partial charge in [0.2, 0.25) is 5.91 Å². The first-order valence-corrected chi connectivity index (χ1v) is 6.58. The maximum absolute atomic E-state index is 12.0. The molecule has 2 fully saturated rings. The van der Waals surface area contributed by atoms with Crippen LogP contribution in [0.15, 0.2) is 0 Å². The van der Waals surface area contributed by atoms with Gasteiger partial charge in [0.15, 0.2) is 0 Å². The van der Waals surface area contributed by atoms with E-state index in [2.05, 4.69) is 10.6 Å². The number of amides is 3. The molecule has 1 aliphatic heterocycles. The van der Waals surface area contributed by atoms with Gasteiger partial charge >= 0.3 is 6.03 Å². The molecule has 5 heteroatoms. The van der Waals surface area contributed by atoms with E-state index >= 15 is 0 Å². The van der Waals surface area contributed by atoms with Crippen LogP contribution in [0.1, 0.15) is 38.5 Å². The van der Waals surface area contributed by atoms with Gasteiger partial charge in [-0.15, -0.1) is 0 Å². The zero-order valence-electron chi connectivity index (χ0n) is 10.2. The van der Waals surface area contributed by atoms with Crippen molar-refractivity contribution in [3.05, 3.63) is 0 Å². The number of nitrogens with zero attached hydrogens (tertiary/aromatic N) is 1. The average molecular weight is 239 g/mol. The van der Waals surface area contributed by atoms with E-state index in [4.69, 9.17) is 0 Å². The number of nitrogens with one attached hydrogen (secondary N) is 2. The Balaban J connectivity index is 1.80. The fourth-order valence-electron chi connectivity index (χ4n) is 2.50. The zero-order chi connectivity index (χ0) is 12.1. The Labute approximate surface area is 102 Å². The topological polar surface area (TPSA) is 61.4 Å². The molecule has 1 saturated carbocycles. The van der Waals surface area contributed by atoms with Crippen LogP contribution in [0.4, 0.5) is 4.79 Å². The van der Waals surface area contributed by atoms with Crippen molar-refractivity contribution in [2.24, 2.45) is 0 Å². The lowest BCUT2D eigenvalue weighted by Gasteiger charge is -2.28. The molecule has 5 nitrogen and oxygen atoms in total.